The molecular weight excluding hydrogens is 359 g/mol. The van der Waals surface area contributed by atoms with Crippen LogP contribution < -0.4 is 11.1 Å². The Balaban J connectivity index is 0.00000136. The minimum Gasteiger partial charge on any atom is -0.395 e. The van der Waals surface area contributed by atoms with Crippen LogP contribution in [0.15, 0.2) is 54.9 Å². The number of rotatable bonds is 5. The zero-order chi connectivity index (χ0) is 20.5. The summed E-state index contributed by atoms with van der Waals surface area (Å²) in [7, 11) is 0. The van der Waals surface area contributed by atoms with Crippen molar-refractivity contribution >= 4 is 11.7 Å². The Morgan fingerprint density at radius 2 is 1.86 bits per heavy atom. The molecular formula is C21H23FN4O2. The van der Waals surface area contributed by atoms with Crippen LogP contribution in [-0.4, -0.2) is 34.1 Å². The Hall–Kier alpha value is -3.32. The van der Waals surface area contributed by atoms with Crippen molar-refractivity contribution in [1.29, 1.82) is 0 Å². The van der Waals surface area contributed by atoms with Gasteiger partial charge >= 0.3 is 0 Å². The van der Waals surface area contributed by atoms with Gasteiger partial charge in [-0.25, -0.2) is 9.37 Å². The molecule has 28 heavy (non-hydrogen) atoms. The number of aliphatic hydroxyl groups is 1. The van der Waals surface area contributed by atoms with Gasteiger partial charge in [0.1, 0.15) is 11.6 Å². The minimum absolute atomic E-state index is 0.149. The van der Waals surface area contributed by atoms with Crippen molar-refractivity contribution in [3.8, 4) is 22.4 Å². The molecule has 1 heterocycles. The number of nitrogens with zero attached hydrogens (tertiary/aromatic N) is 2. The van der Waals surface area contributed by atoms with E-state index in [4.69, 9.17) is 10.8 Å². The summed E-state index contributed by atoms with van der Waals surface area (Å²) in [6, 6.07) is 11.6. The zero-order valence-electron chi connectivity index (χ0n) is 15.8. The average molecular weight is 382 g/mol. The van der Waals surface area contributed by atoms with Gasteiger partial charge in [-0.15, -0.1) is 0 Å². The van der Waals surface area contributed by atoms with Crippen LogP contribution in [0.1, 0.15) is 24.2 Å². The first-order valence-corrected chi connectivity index (χ1v) is 8.96. The van der Waals surface area contributed by atoms with Crippen LogP contribution in [0.25, 0.3) is 22.4 Å². The van der Waals surface area contributed by atoms with Gasteiger partial charge in [0.2, 0.25) is 0 Å². The molecule has 0 aliphatic rings. The largest absolute Gasteiger partial charge is 0.395 e. The van der Waals surface area contributed by atoms with Crippen molar-refractivity contribution in [2.75, 3.05) is 18.9 Å². The molecule has 1 aromatic heterocycles. The van der Waals surface area contributed by atoms with Crippen LogP contribution in [0.5, 0.6) is 0 Å². The second-order valence-electron chi connectivity index (χ2n) is 5.55. The highest BCUT2D eigenvalue weighted by Gasteiger charge is 2.14. The number of hydrogen-bond donors (Lipinski definition) is 3. The third kappa shape index (κ3) is 4.89. The molecule has 0 bridgehead atoms. The molecule has 0 spiro atoms. The molecule has 3 aromatic rings. The third-order valence-corrected chi connectivity index (χ3v) is 3.80. The quantitative estimate of drug-likeness (QED) is 0.629. The number of aromatic nitrogens is 2. The summed E-state index contributed by atoms with van der Waals surface area (Å²) < 4.78 is 14.6. The number of nitrogens with one attached hydrogen (secondary N) is 1. The lowest BCUT2D eigenvalue weighted by molar-refractivity contribution is 0.0945. The van der Waals surface area contributed by atoms with E-state index in [1.54, 1.807) is 36.4 Å². The monoisotopic (exact) mass is 382 g/mol. The molecule has 0 unspecified atom stereocenters. The summed E-state index contributed by atoms with van der Waals surface area (Å²) in [6.45, 7) is 4.00. The number of hydrogen-bond acceptors (Lipinski definition) is 5. The number of nitrogens with two attached hydrogens (primary N) is 1. The second-order valence-corrected chi connectivity index (χ2v) is 5.55. The van der Waals surface area contributed by atoms with Gasteiger partial charge in [-0.1, -0.05) is 38.1 Å². The molecule has 0 saturated carbocycles. The third-order valence-electron chi connectivity index (χ3n) is 3.80. The minimum atomic E-state index is -0.479. The first-order chi connectivity index (χ1) is 13.6. The van der Waals surface area contributed by atoms with Gasteiger partial charge in [-0.3, -0.25) is 9.78 Å². The highest BCUT2D eigenvalue weighted by Crippen LogP contribution is 2.29. The summed E-state index contributed by atoms with van der Waals surface area (Å²) in [5.41, 5.74) is 7.73. The predicted octanol–water partition coefficient (Wildman–Crippen LogP) is 3.28. The molecule has 2 aromatic carbocycles. The van der Waals surface area contributed by atoms with E-state index in [9.17, 15) is 9.18 Å². The van der Waals surface area contributed by atoms with Gasteiger partial charge in [-0.05, 0) is 29.3 Å². The van der Waals surface area contributed by atoms with E-state index in [1.807, 2.05) is 13.8 Å². The van der Waals surface area contributed by atoms with Gasteiger partial charge in [0.25, 0.3) is 5.91 Å². The number of carbonyl (C=O) groups is 1. The summed E-state index contributed by atoms with van der Waals surface area (Å²) in [5.74, 6) is -0.552. The normalized spacial score (nSPS) is 10.0. The van der Waals surface area contributed by atoms with Crippen molar-refractivity contribution in [3.63, 3.8) is 0 Å². The molecule has 4 N–H and O–H groups in total. The van der Waals surface area contributed by atoms with E-state index in [0.29, 0.717) is 27.9 Å². The maximum atomic E-state index is 14.6. The Bertz CT molecular complexity index is 930. The number of nitrogen functional groups attached to an aromatic ring is 1. The first-order valence-electron chi connectivity index (χ1n) is 8.96. The fraction of sp³-hybridized carbons (Fsp3) is 0.190. The molecule has 0 fully saturated rings. The lowest BCUT2D eigenvalue weighted by Gasteiger charge is -2.11. The maximum absolute atomic E-state index is 14.6. The van der Waals surface area contributed by atoms with Crippen molar-refractivity contribution in [2.24, 2.45) is 0 Å². The smallest absolute Gasteiger partial charge is 0.251 e. The van der Waals surface area contributed by atoms with Gasteiger partial charge in [-0.2, -0.15) is 0 Å². The summed E-state index contributed by atoms with van der Waals surface area (Å²) in [5, 5.41) is 11.5. The van der Waals surface area contributed by atoms with Crippen molar-refractivity contribution < 1.29 is 14.3 Å². The molecule has 0 atom stereocenters. The lowest BCUT2D eigenvalue weighted by atomic mass is 9.97. The molecule has 1 amide bonds. The fourth-order valence-corrected chi connectivity index (χ4v) is 2.56. The average Bonchev–Trinajstić information content (AvgIpc) is 2.74. The summed E-state index contributed by atoms with van der Waals surface area (Å²) >= 11 is 0. The van der Waals surface area contributed by atoms with Crippen LogP contribution in [0.3, 0.4) is 0 Å². The van der Waals surface area contributed by atoms with Crippen molar-refractivity contribution in [1.82, 2.24) is 15.3 Å². The Morgan fingerprint density at radius 3 is 2.50 bits per heavy atom. The highest BCUT2D eigenvalue weighted by molar-refractivity contribution is 6.01. The van der Waals surface area contributed by atoms with Crippen LogP contribution in [0.4, 0.5) is 10.2 Å². The van der Waals surface area contributed by atoms with Crippen LogP contribution in [-0.2, 0) is 0 Å². The Labute approximate surface area is 163 Å². The highest BCUT2D eigenvalue weighted by atomic mass is 19.1. The molecule has 3 rings (SSSR count). The number of anilines is 1. The molecule has 0 radical (unpaired) electrons. The number of benzene rings is 2. The van der Waals surface area contributed by atoms with Gasteiger partial charge in [0.15, 0.2) is 0 Å². The van der Waals surface area contributed by atoms with E-state index in [1.165, 1.54) is 18.5 Å². The first kappa shape index (κ1) is 21.0. The van der Waals surface area contributed by atoms with Gasteiger partial charge in [0.05, 0.1) is 24.7 Å². The van der Waals surface area contributed by atoms with E-state index in [0.717, 1.165) is 0 Å². The fourth-order valence-electron chi connectivity index (χ4n) is 2.56. The van der Waals surface area contributed by atoms with E-state index in [2.05, 4.69) is 15.3 Å². The number of aliphatic hydroxyl groups excluding tert-OH is 1. The summed E-state index contributed by atoms with van der Waals surface area (Å²) in [4.78, 5) is 20.3. The predicted molar refractivity (Wildman–Crippen MR) is 108 cm³/mol. The van der Waals surface area contributed by atoms with Gasteiger partial charge < -0.3 is 16.2 Å². The zero-order valence-corrected chi connectivity index (χ0v) is 15.8. The number of carbonyl (C=O) groups excluding carboxylic acids is 1. The Kier molecular flexibility index (Phi) is 7.59. The SMILES string of the molecule is CC.Nc1cnc(-c2ccc(-c3ccccc3C(=O)NCCO)cc2F)cn1. The van der Waals surface area contributed by atoms with E-state index < -0.39 is 5.82 Å². The molecule has 7 heteroatoms. The number of amides is 1. The standard InChI is InChI=1S/C19H17FN4O2.C2H6/c20-16-9-12(5-6-15(16)17-10-24-18(21)11-23-17)13-3-1-2-4-14(13)19(26)22-7-8-25;1-2/h1-6,9-11,25H,7-8H2,(H2,21,24)(H,22,26);1-2H3. The summed E-state index contributed by atoms with van der Waals surface area (Å²) in [6.07, 6.45) is 2.77. The van der Waals surface area contributed by atoms with Crippen molar-refractivity contribution in [3.05, 3.63) is 66.2 Å². The molecule has 146 valence electrons. The molecule has 0 aliphatic heterocycles. The Morgan fingerprint density at radius 1 is 1.11 bits per heavy atom. The second kappa shape index (κ2) is 10.1. The van der Waals surface area contributed by atoms with Crippen LogP contribution >= 0.6 is 0 Å². The van der Waals surface area contributed by atoms with Crippen molar-refractivity contribution in [2.45, 2.75) is 13.8 Å². The topological polar surface area (TPSA) is 101 Å². The molecule has 0 aliphatic carbocycles. The maximum Gasteiger partial charge on any atom is 0.251 e. The van der Waals surface area contributed by atoms with Crippen LogP contribution in [0.2, 0.25) is 0 Å². The van der Waals surface area contributed by atoms with Crippen LogP contribution in [0, 0.1) is 5.82 Å². The van der Waals surface area contributed by atoms with E-state index in [-0.39, 0.29) is 24.9 Å². The molecule has 6 nitrogen and oxygen atoms in total. The molecule has 0 saturated heterocycles. The van der Waals surface area contributed by atoms with Gasteiger partial charge in [0, 0.05) is 17.7 Å². The lowest BCUT2D eigenvalue weighted by Crippen LogP contribution is -2.26. The number of halogens is 1. The van der Waals surface area contributed by atoms with E-state index >= 15 is 0 Å².